The molecule has 1 atom stereocenters. The highest BCUT2D eigenvalue weighted by atomic mass is 16.3. The fourth-order valence-corrected chi connectivity index (χ4v) is 5.12. The highest BCUT2D eigenvalue weighted by Gasteiger charge is 2.41. The Morgan fingerprint density at radius 3 is 1.89 bits per heavy atom. The van der Waals surface area contributed by atoms with E-state index < -0.39 is 5.92 Å². The van der Waals surface area contributed by atoms with Gasteiger partial charge in [-0.1, -0.05) is 60.7 Å². The molecule has 1 fully saturated rings. The number of carbonyl (C=O) groups is 4. The topological polar surface area (TPSA) is 95.0 Å². The van der Waals surface area contributed by atoms with Crippen LogP contribution in [0.5, 0.6) is 5.75 Å². The molecule has 0 aromatic heterocycles. The van der Waals surface area contributed by atoms with Gasteiger partial charge in [-0.2, -0.15) is 0 Å². The van der Waals surface area contributed by atoms with Crippen LogP contribution in [0.4, 0.5) is 11.4 Å². The van der Waals surface area contributed by atoms with Crippen LogP contribution in [0.3, 0.4) is 0 Å². The molecule has 4 amide bonds. The van der Waals surface area contributed by atoms with Gasteiger partial charge in [-0.15, -0.1) is 0 Å². The molecule has 4 aromatic rings. The number of benzene rings is 4. The maximum absolute atomic E-state index is 13.3. The molecule has 38 heavy (non-hydrogen) atoms. The first-order valence-electron chi connectivity index (χ1n) is 12.2. The van der Waals surface area contributed by atoms with Crippen molar-refractivity contribution in [1.82, 2.24) is 0 Å². The van der Waals surface area contributed by atoms with Gasteiger partial charge in [0.25, 0.3) is 11.8 Å². The lowest BCUT2D eigenvalue weighted by Crippen LogP contribution is -2.30. The van der Waals surface area contributed by atoms with Gasteiger partial charge in [0.2, 0.25) is 11.8 Å². The summed E-state index contributed by atoms with van der Waals surface area (Å²) < 4.78 is 0. The summed E-state index contributed by atoms with van der Waals surface area (Å²) in [6.07, 6.45) is 3.09. The fraction of sp³-hybridized carbons (Fsp3) is 0.0968. The van der Waals surface area contributed by atoms with Crippen LogP contribution in [0, 0.1) is 0 Å². The summed E-state index contributed by atoms with van der Waals surface area (Å²) in [4.78, 5) is 52.2. The van der Waals surface area contributed by atoms with Gasteiger partial charge in [-0.25, -0.2) is 4.90 Å². The predicted molar refractivity (Wildman–Crippen MR) is 143 cm³/mol. The first kappa shape index (κ1) is 23.4. The molecule has 2 aliphatic heterocycles. The number of anilines is 2. The summed E-state index contributed by atoms with van der Waals surface area (Å²) in [5.74, 6) is -2.09. The molecule has 1 saturated heterocycles. The van der Waals surface area contributed by atoms with Crippen molar-refractivity contribution >= 4 is 45.8 Å². The van der Waals surface area contributed by atoms with Crippen LogP contribution in [-0.2, 0) is 25.6 Å². The lowest BCUT2D eigenvalue weighted by Gasteiger charge is -2.17. The average molecular weight is 503 g/mol. The van der Waals surface area contributed by atoms with Crippen LogP contribution in [0.15, 0.2) is 97.1 Å². The lowest BCUT2D eigenvalue weighted by molar-refractivity contribution is -0.122. The van der Waals surface area contributed by atoms with Gasteiger partial charge in [-0.3, -0.25) is 24.1 Å². The molecule has 7 nitrogen and oxygen atoms in total. The zero-order valence-corrected chi connectivity index (χ0v) is 20.2. The number of hydrogen-bond acceptors (Lipinski definition) is 5. The van der Waals surface area contributed by atoms with Gasteiger partial charge in [0.1, 0.15) is 5.75 Å². The molecule has 0 saturated carbocycles. The van der Waals surface area contributed by atoms with E-state index in [1.165, 1.54) is 17.1 Å². The van der Waals surface area contributed by atoms with Gasteiger partial charge in [0.05, 0.1) is 17.3 Å². The third-order valence-corrected chi connectivity index (χ3v) is 7.06. The smallest absolute Gasteiger partial charge is 0.258 e. The number of imide groups is 2. The van der Waals surface area contributed by atoms with E-state index in [2.05, 4.69) is 0 Å². The Morgan fingerprint density at radius 2 is 1.26 bits per heavy atom. The standard InChI is InChI=1S/C31H22N2O5/c34-27-15-16-28(35)32(27)22-10-5-19(6-11-22)17-20-7-12-23(13-8-20)33-29(36)18-26(31(33)38)25-14-9-21-3-1-2-4-24(21)30(25)37/h1-16,26,37H,17-18H2. The lowest BCUT2D eigenvalue weighted by atomic mass is 9.93. The van der Waals surface area contributed by atoms with Crippen molar-refractivity contribution in [3.63, 3.8) is 0 Å². The fourth-order valence-electron chi connectivity index (χ4n) is 5.12. The summed E-state index contributed by atoms with van der Waals surface area (Å²) in [7, 11) is 0. The molecule has 1 unspecified atom stereocenters. The normalized spacial score (nSPS) is 17.3. The van der Waals surface area contributed by atoms with Gasteiger partial charge in [-0.05, 0) is 47.2 Å². The molecule has 2 aliphatic rings. The summed E-state index contributed by atoms with van der Waals surface area (Å²) in [5.41, 5.74) is 3.41. The van der Waals surface area contributed by atoms with Crippen molar-refractivity contribution in [3.8, 4) is 5.75 Å². The molecule has 0 bridgehead atoms. The third kappa shape index (κ3) is 3.94. The predicted octanol–water partition coefficient (Wildman–Crippen LogP) is 4.61. The number of fused-ring (bicyclic) bond motifs is 1. The highest BCUT2D eigenvalue weighted by molar-refractivity contribution is 6.28. The Hall–Kier alpha value is -5.04. The second kappa shape index (κ2) is 9.12. The second-order valence-electron chi connectivity index (χ2n) is 9.40. The van der Waals surface area contributed by atoms with E-state index >= 15 is 0 Å². The number of aromatic hydroxyl groups is 1. The molecule has 7 heteroatoms. The van der Waals surface area contributed by atoms with Crippen LogP contribution in [0.1, 0.15) is 29.0 Å². The van der Waals surface area contributed by atoms with Crippen molar-refractivity contribution in [3.05, 3.63) is 114 Å². The minimum Gasteiger partial charge on any atom is -0.507 e. The number of rotatable bonds is 5. The van der Waals surface area contributed by atoms with E-state index in [0.29, 0.717) is 28.7 Å². The molecular formula is C31H22N2O5. The van der Waals surface area contributed by atoms with Crippen LogP contribution < -0.4 is 9.80 Å². The molecule has 6 rings (SSSR count). The minimum atomic E-state index is -0.741. The van der Waals surface area contributed by atoms with Gasteiger partial charge < -0.3 is 5.11 Å². The highest BCUT2D eigenvalue weighted by Crippen LogP contribution is 2.40. The Balaban J connectivity index is 1.18. The van der Waals surface area contributed by atoms with Crippen molar-refractivity contribution in [2.75, 3.05) is 9.80 Å². The monoisotopic (exact) mass is 502 g/mol. The van der Waals surface area contributed by atoms with Gasteiger partial charge in [0, 0.05) is 29.5 Å². The van der Waals surface area contributed by atoms with Crippen LogP contribution in [-0.4, -0.2) is 28.7 Å². The maximum Gasteiger partial charge on any atom is 0.258 e. The number of phenols is 1. The molecule has 0 spiro atoms. The van der Waals surface area contributed by atoms with E-state index in [0.717, 1.165) is 21.4 Å². The van der Waals surface area contributed by atoms with Gasteiger partial charge >= 0.3 is 0 Å². The molecule has 2 heterocycles. The number of carbonyl (C=O) groups excluding carboxylic acids is 4. The number of amides is 4. The van der Waals surface area contributed by atoms with Crippen molar-refractivity contribution in [2.45, 2.75) is 18.8 Å². The molecule has 4 aromatic carbocycles. The third-order valence-electron chi connectivity index (χ3n) is 7.06. The SMILES string of the molecule is O=C1C=CC(=O)N1c1ccc(Cc2ccc(N3C(=O)CC(c4ccc5ccccc5c4O)C3=O)cc2)cc1. The zero-order chi connectivity index (χ0) is 26.4. The largest absolute Gasteiger partial charge is 0.507 e. The van der Waals surface area contributed by atoms with E-state index in [-0.39, 0.29) is 35.8 Å². The number of nitrogens with zero attached hydrogens (tertiary/aromatic N) is 2. The summed E-state index contributed by atoms with van der Waals surface area (Å²) in [6, 6.07) is 25.3. The Labute approximate surface area is 218 Å². The number of phenolic OH excluding ortho intramolecular Hbond substituents is 1. The first-order valence-corrected chi connectivity index (χ1v) is 12.2. The van der Waals surface area contributed by atoms with Crippen molar-refractivity contribution in [2.24, 2.45) is 0 Å². The quantitative estimate of drug-likeness (QED) is 0.402. The van der Waals surface area contributed by atoms with Crippen molar-refractivity contribution in [1.29, 1.82) is 0 Å². The van der Waals surface area contributed by atoms with Crippen LogP contribution >= 0.6 is 0 Å². The number of hydrogen-bond donors (Lipinski definition) is 1. The van der Waals surface area contributed by atoms with E-state index in [9.17, 15) is 24.3 Å². The maximum atomic E-state index is 13.3. The summed E-state index contributed by atoms with van der Waals surface area (Å²) in [5, 5.41) is 12.3. The van der Waals surface area contributed by atoms with Crippen LogP contribution in [0.25, 0.3) is 10.8 Å². The van der Waals surface area contributed by atoms with Gasteiger partial charge in [0.15, 0.2) is 0 Å². The molecule has 1 N–H and O–H groups in total. The Bertz CT molecular complexity index is 1640. The molecule has 0 radical (unpaired) electrons. The second-order valence-corrected chi connectivity index (χ2v) is 9.40. The summed E-state index contributed by atoms with van der Waals surface area (Å²) >= 11 is 0. The molecule has 0 aliphatic carbocycles. The Kier molecular flexibility index (Phi) is 5.61. The van der Waals surface area contributed by atoms with Crippen molar-refractivity contribution < 1.29 is 24.3 Å². The first-order chi connectivity index (χ1) is 18.4. The minimum absolute atomic E-state index is 0.00359. The van der Waals surface area contributed by atoms with Crippen LogP contribution in [0.2, 0.25) is 0 Å². The zero-order valence-electron chi connectivity index (χ0n) is 20.2. The molecular weight excluding hydrogens is 480 g/mol. The van der Waals surface area contributed by atoms with E-state index in [1.807, 2.05) is 48.5 Å². The average Bonchev–Trinajstić information content (AvgIpc) is 3.42. The summed E-state index contributed by atoms with van der Waals surface area (Å²) in [6.45, 7) is 0. The van der Waals surface area contributed by atoms with E-state index in [1.54, 1.807) is 36.4 Å². The molecule has 186 valence electrons. The van der Waals surface area contributed by atoms with E-state index in [4.69, 9.17) is 0 Å². The Morgan fingerprint density at radius 1 is 0.684 bits per heavy atom.